The molecule has 40 heavy (non-hydrogen) atoms. The van der Waals surface area contributed by atoms with Crippen molar-refractivity contribution in [2.24, 2.45) is 10.8 Å². The fourth-order valence-electron chi connectivity index (χ4n) is 8.67. The zero-order valence-corrected chi connectivity index (χ0v) is 23.5. The number of hydrogen-bond acceptors (Lipinski definition) is 3. The van der Waals surface area contributed by atoms with Crippen molar-refractivity contribution in [3.05, 3.63) is 72.6 Å². The Morgan fingerprint density at radius 1 is 0.575 bits per heavy atom. The molecule has 2 aromatic heterocycles. The molecule has 2 atom stereocenters. The lowest BCUT2D eigenvalue weighted by atomic mass is 9.83. The summed E-state index contributed by atoms with van der Waals surface area (Å²) in [5, 5.41) is 3.74. The van der Waals surface area contributed by atoms with Gasteiger partial charge in [0, 0.05) is 12.5 Å². The normalized spacial score (nSPS) is 25.0. The summed E-state index contributed by atoms with van der Waals surface area (Å²) < 4.78 is 0. The SMILES string of the molecule is c1cc(-c2cnc([C@H]3CCC4(CCCC4)C3)[nH]2)ccc1-c1ccc(-c2cnc([C@@H]3CC4(CCCC4)CN3)[nH]2)cc1. The highest BCUT2D eigenvalue weighted by Crippen LogP contribution is 2.55. The van der Waals surface area contributed by atoms with Gasteiger partial charge in [-0.1, -0.05) is 74.2 Å². The number of nitrogens with one attached hydrogen (secondary N) is 3. The molecule has 0 unspecified atom stereocenters. The van der Waals surface area contributed by atoms with E-state index in [9.17, 15) is 0 Å². The van der Waals surface area contributed by atoms with Gasteiger partial charge in [-0.3, -0.25) is 0 Å². The largest absolute Gasteiger partial charge is 0.342 e. The summed E-state index contributed by atoms with van der Waals surface area (Å²) in [6, 6.07) is 18.1. The minimum Gasteiger partial charge on any atom is -0.342 e. The summed E-state index contributed by atoms with van der Waals surface area (Å²) in [7, 11) is 0. The zero-order chi connectivity index (χ0) is 26.6. The van der Waals surface area contributed by atoms with Gasteiger partial charge >= 0.3 is 0 Å². The minimum atomic E-state index is 0.359. The van der Waals surface area contributed by atoms with Crippen LogP contribution in [-0.4, -0.2) is 26.5 Å². The van der Waals surface area contributed by atoms with Gasteiger partial charge in [0.2, 0.25) is 0 Å². The molecule has 3 N–H and O–H groups in total. The van der Waals surface area contributed by atoms with Crippen LogP contribution in [0.15, 0.2) is 60.9 Å². The van der Waals surface area contributed by atoms with Crippen molar-refractivity contribution in [3.8, 4) is 33.6 Å². The second-order valence-corrected chi connectivity index (χ2v) is 13.5. The van der Waals surface area contributed by atoms with Gasteiger partial charge in [0.1, 0.15) is 11.6 Å². The minimum absolute atomic E-state index is 0.359. The third-order valence-electron chi connectivity index (χ3n) is 11.0. The molecule has 4 fully saturated rings. The van der Waals surface area contributed by atoms with Crippen molar-refractivity contribution in [1.29, 1.82) is 0 Å². The quantitative estimate of drug-likeness (QED) is 0.242. The molecule has 1 saturated heterocycles. The first-order chi connectivity index (χ1) is 19.7. The number of imidazole rings is 2. The van der Waals surface area contributed by atoms with Crippen molar-refractivity contribution >= 4 is 0 Å². The Hall–Kier alpha value is -3.18. The van der Waals surface area contributed by atoms with Crippen LogP contribution in [0.3, 0.4) is 0 Å². The van der Waals surface area contributed by atoms with Crippen LogP contribution in [-0.2, 0) is 0 Å². The molecule has 5 heteroatoms. The summed E-state index contributed by atoms with van der Waals surface area (Å²) in [4.78, 5) is 16.9. The molecule has 0 amide bonds. The second-order valence-electron chi connectivity index (χ2n) is 13.5. The maximum atomic E-state index is 4.83. The van der Waals surface area contributed by atoms with Crippen LogP contribution in [0.5, 0.6) is 0 Å². The standard InChI is InChI=1S/C35H41N5/c1-2-15-34(14-1)18-13-28(19-34)32-36-21-30(39-32)26-9-5-24(6-10-26)25-7-11-27(12-8-25)31-22-37-33(40-31)29-20-35(23-38-29)16-3-4-17-35/h5-12,21-22,28-29,38H,1-4,13-20,23H2,(H,36,39)(H,37,40)/t28-,29-/m0/s1. The summed E-state index contributed by atoms with van der Waals surface area (Å²) in [6.45, 7) is 1.14. The van der Waals surface area contributed by atoms with Gasteiger partial charge in [0.05, 0.1) is 29.8 Å². The van der Waals surface area contributed by atoms with Gasteiger partial charge in [0.25, 0.3) is 0 Å². The Kier molecular flexibility index (Phi) is 5.98. The van der Waals surface area contributed by atoms with Crippen LogP contribution in [0, 0.1) is 10.8 Å². The first-order valence-corrected chi connectivity index (χ1v) is 15.7. The Balaban J connectivity index is 0.931. The van der Waals surface area contributed by atoms with Crippen LogP contribution in [0.25, 0.3) is 33.6 Å². The summed E-state index contributed by atoms with van der Waals surface area (Å²) in [6.07, 6.45) is 20.5. The van der Waals surface area contributed by atoms with E-state index in [0.29, 0.717) is 22.8 Å². The molecule has 4 aliphatic rings. The van der Waals surface area contributed by atoms with E-state index in [4.69, 9.17) is 9.97 Å². The summed E-state index contributed by atoms with van der Waals surface area (Å²) >= 11 is 0. The fraction of sp³-hybridized carbons (Fsp3) is 0.486. The van der Waals surface area contributed by atoms with Gasteiger partial charge in [-0.05, 0) is 84.5 Å². The average molecular weight is 532 g/mol. The van der Waals surface area contributed by atoms with Crippen LogP contribution in [0.1, 0.15) is 101 Å². The van der Waals surface area contributed by atoms with Gasteiger partial charge in [0.15, 0.2) is 0 Å². The number of nitrogens with zero attached hydrogens (tertiary/aromatic N) is 2. The van der Waals surface area contributed by atoms with Crippen LogP contribution < -0.4 is 5.32 Å². The Morgan fingerprint density at radius 2 is 1.10 bits per heavy atom. The highest BCUT2D eigenvalue weighted by molar-refractivity contribution is 5.71. The van der Waals surface area contributed by atoms with Crippen molar-refractivity contribution in [1.82, 2.24) is 25.3 Å². The molecule has 8 rings (SSSR count). The highest BCUT2D eigenvalue weighted by atomic mass is 15.1. The van der Waals surface area contributed by atoms with E-state index in [1.807, 2.05) is 12.4 Å². The third-order valence-corrected chi connectivity index (χ3v) is 11.0. The molecule has 206 valence electrons. The molecule has 3 heterocycles. The average Bonchev–Trinajstić information content (AvgIpc) is 3.84. The molecular formula is C35H41N5. The Morgan fingerprint density at radius 3 is 1.73 bits per heavy atom. The number of rotatable bonds is 5. The zero-order valence-electron chi connectivity index (χ0n) is 23.5. The molecule has 2 aromatic carbocycles. The molecule has 1 aliphatic heterocycles. The van der Waals surface area contributed by atoms with E-state index < -0.39 is 0 Å². The predicted molar refractivity (Wildman–Crippen MR) is 161 cm³/mol. The van der Waals surface area contributed by atoms with E-state index in [1.54, 1.807) is 0 Å². The van der Waals surface area contributed by atoms with Gasteiger partial charge in [-0.2, -0.15) is 0 Å². The molecule has 0 radical (unpaired) electrons. The van der Waals surface area contributed by atoms with Crippen molar-refractivity contribution in [2.45, 2.75) is 89.0 Å². The maximum Gasteiger partial charge on any atom is 0.123 e. The molecule has 2 spiro atoms. The highest BCUT2D eigenvalue weighted by Gasteiger charge is 2.43. The van der Waals surface area contributed by atoms with Crippen LogP contribution in [0.2, 0.25) is 0 Å². The summed E-state index contributed by atoms with van der Waals surface area (Å²) in [5.74, 6) is 2.89. The monoisotopic (exact) mass is 531 g/mol. The van der Waals surface area contributed by atoms with Crippen molar-refractivity contribution in [2.75, 3.05) is 6.54 Å². The number of H-pyrrole nitrogens is 2. The summed E-state index contributed by atoms with van der Waals surface area (Å²) in [5.41, 5.74) is 8.23. The van der Waals surface area contributed by atoms with E-state index in [1.165, 1.54) is 105 Å². The second kappa shape index (κ2) is 9.73. The van der Waals surface area contributed by atoms with Crippen molar-refractivity contribution < 1.29 is 0 Å². The first kappa shape index (κ1) is 24.6. The Labute approximate surface area is 237 Å². The van der Waals surface area contributed by atoms with E-state index in [-0.39, 0.29) is 0 Å². The first-order valence-electron chi connectivity index (χ1n) is 15.7. The van der Waals surface area contributed by atoms with Crippen LogP contribution in [0.4, 0.5) is 0 Å². The predicted octanol–water partition coefficient (Wildman–Crippen LogP) is 8.56. The van der Waals surface area contributed by atoms with Crippen molar-refractivity contribution in [3.63, 3.8) is 0 Å². The third kappa shape index (κ3) is 4.43. The van der Waals surface area contributed by atoms with E-state index in [2.05, 4.69) is 63.8 Å². The lowest BCUT2D eigenvalue weighted by molar-refractivity contribution is 0.303. The molecule has 5 nitrogen and oxygen atoms in total. The van der Waals surface area contributed by atoms with Crippen LogP contribution >= 0.6 is 0 Å². The number of hydrogen-bond donors (Lipinski definition) is 3. The topological polar surface area (TPSA) is 69.4 Å². The molecular weight excluding hydrogens is 490 g/mol. The Bertz CT molecular complexity index is 1350. The number of aromatic amines is 2. The molecule has 3 saturated carbocycles. The molecule has 3 aliphatic carbocycles. The lowest BCUT2D eigenvalue weighted by Crippen LogP contribution is -2.20. The fourth-order valence-corrected chi connectivity index (χ4v) is 8.67. The number of aromatic nitrogens is 4. The van der Waals surface area contributed by atoms with Gasteiger partial charge in [-0.15, -0.1) is 0 Å². The lowest BCUT2D eigenvalue weighted by Gasteiger charge is -2.22. The maximum absolute atomic E-state index is 4.83. The van der Waals surface area contributed by atoms with E-state index >= 15 is 0 Å². The smallest absolute Gasteiger partial charge is 0.123 e. The molecule has 0 bridgehead atoms. The van der Waals surface area contributed by atoms with Gasteiger partial charge in [-0.25, -0.2) is 9.97 Å². The van der Waals surface area contributed by atoms with E-state index in [0.717, 1.165) is 23.8 Å². The van der Waals surface area contributed by atoms with Gasteiger partial charge < -0.3 is 15.3 Å². The number of benzene rings is 2. The molecule has 4 aromatic rings.